The second-order valence-corrected chi connectivity index (χ2v) is 5.64. The molecule has 20 heavy (non-hydrogen) atoms. The molecule has 106 valence electrons. The predicted octanol–water partition coefficient (Wildman–Crippen LogP) is 4.91. The van der Waals surface area contributed by atoms with Gasteiger partial charge < -0.3 is 10.6 Å². The maximum absolute atomic E-state index is 6.09. The van der Waals surface area contributed by atoms with Crippen molar-refractivity contribution in [3.63, 3.8) is 0 Å². The van der Waals surface area contributed by atoms with Crippen LogP contribution in [0.3, 0.4) is 0 Å². The number of hydrogen-bond donors (Lipinski definition) is 1. The van der Waals surface area contributed by atoms with Crippen LogP contribution in [0.2, 0.25) is 10.0 Å². The zero-order valence-corrected chi connectivity index (χ0v) is 13.2. The lowest BCUT2D eigenvalue weighted by molar-refractivity contribution is 0.831. The summed E-state index contributed by atoms with van der Waals surface area (Å²) in [6.07, 6.45) is 0. The first-order valence-electron chi connectivity index (χ1n) is 6.56. The van der Waals surface area contributed by atoms with Gasteiger partial charge in [-0.05, 0) is 49.2 Å². The van der Waals surface area contributed by atoms with E-state index in [9.17, 15) is 0 Å². The molecule has 0 bridgehead atoms. The van der Waals surface area contributed by atoms with E-state index in [0.29, 0.717) is 15.7 Å². The van der Waals surface area contributed by atoms with Crippen molar-refractivity contribution < 1.29 is 0 Å². The lowest BCUT2D eigenvalue weighted by Crippen LogP contribution is -2.22. The van der Waals surface area contributed by atoms with Gasteiger partial charge in [0.2, 0.25) is 0 Å². The Morgan fingerprint density at radius 2 is 1.75 bits per heavy atom. The molecule has 2 rings (SSSR count). The van der Waals surface area contributed by atoms with Crippen LogP contribution >= 0.6 is 23.2 Å². The van der Waals surface area contributed by atoms with Gasteiger partial charge >= 0.3 is 0 Å². The Kier molecular flexibility index (Phi) is 4.79. The third-order valence-corrected chi connectivity index (χ3v) is 3.89. The standard InChI is InChI=1S/C16H18Cl2N2/c1-3-20(13-6-4-5-11(2)7-13)10-12-8-14(17)16(19)15(18)9-12/h4-9H,3,10,19H2,1-2H3. The molecule has 0 heterocycles. The Balaban J connectivity index is 2.27. The van der Waals surface area contributed by atoms with E-state index in [4.69, 9.17) is 28.9 Å². The van der Waals surface area contributed by atoms with E-state index in [2.05, 4.69) is 43.0 Å². The summed E-state index contributed by atoms with van der Waals surface area (Å²) in [6, 6.07) is 12.2. The number of halogens is 2. The molecule has 0 radical (unpaired) electrons. The minimum absolute atomic E-state index is 0.440. The summed E-state index contributed by atoms with van der Waals surface area (Å²) in [5.74, 6) is 0. The number of nitrogens with zero attached hydrogens (tertiary/aromatic N) is 1. The van der Waals surface area contributed by atoms with E-state index in [1.165, 1.54) is 11.3 Å². The summed E-state index contributed by atoms with van der Waals surface area (Å²) >= 11 is 12.2. The molecule has 0 aliphatic rings. The van der Waals surface area contributed by atoms with E-state index in [1.807, 2.05) is 12.1 Å². The minimum Gasteiger partial charge on any atom is -0.396 e. The molecule has 2 nitrogen and oxygen atoms in total. The van der Waals surface area contributed by atoms with Gasteiger partial charge in [0.1, 0.15) is 0 Å². The molecular formula is C16H18Cl2N2. The van der Waals surface area contributed by atoms with Gasteiger partial charge in [0.05, 0.1) is 15.7 Å². The van der Waals surface area contributed by atoms with Crippen LogP contribution in [-0.4, -0.2) is 6.54 Å². The average Bonchev–Trinajstić information content (AvgIpc) is 2.42. The van der Waals surface area contributed by atoms with Crippen LogP contribution in [0.25, 0.3) is 0 Å². The van der Waals surface area contributed by atoms with E-state index < -0.39 is 0 Å². The number of aryl methyl sites for hydroxylation is 1. The summed E-state index contributed by atoms with van der Waals surface area (Å²) in [5, 5.41) is 1.01. The van der Waals surface area contributed by atoms with Crippen molar-refractivity contribution in [1.82, 2.24) is 0 Å². The Hall–Kier alpha value is -1.38. The second kappa shape index (κ2) is 6.38. The molecule has 0 spiro atoms. The molecule has 0 saturated heterocycles. The first-order valence-corrected chi connectivity index (χ1v) is 7.32. The molecule has 0 aliphatic carbocycles. The molecule has 2 aromatic carbocycles. The van der Waals surface area contributed by atoms with E-state index in [-0.39, 0.29) is 0 Å². The van der Waals surface area contributed by atoms with Crippen molar-refractivity contribution in [2.45, 2.75) is 20.4 Å². The summed E-state index contributed by atoms with van der Waals surface area (Å²) in [5.41, 5.74) is 9.70. The third kappa shape index (κ3) is 3.38. The normalized spacial score (nSPS) is 10.6. The molecule has 2 N–H and O–H groups in total. The highest BCUT2D eigenvalue weighted by atomic mass is 35.5. The van der Waals surface area contributed by atoms with Gasteiger partial charge in [0, 0.05) is 18.8 Å². The van der Waals surface area contributed by atoms with Gasteiger partial charge in [-0.3, -0.25) is 0 Å². The Bertz CT molecular complexity index is 588. The summed E-state index contributed by atoms with van der Waals surface area (Å²) < 4.78 is 0. The monoisotopic (exact) mass is 308 g/mol. The largest absolute Gasteiger partial charge is 0.396 e. The van der Waals surface area contributed by atoms with Crippen molar-refractivity contribution >= 4 is 34.6 Å². The zero-order chi connectivity index (χ0) is 14.7. The van der Waals surface area contributed by atoms with Crippen molar-refractivity contribution in [3.05, 3.63) is 57.6 Å². The second-order valence-electron chi connectivity index (χ2n) is 4.83. The minimum atomic E-state index is 0.440. The van der Waals surface area contributed by atoms with E-state index in [1.54, 1.807) is 0 Å². The maximum atomic E-state index is 6.09. The highest BCUT2D eigenvalue weighted by molar-refractivity contribution is 6.38. The van der Waals surface area contributed by atoms with Crippen molar-refractivity contribution in [2.75, 3.05) is 17.2 Å². The summed E-state index contributed by atoms with van der Waals surface area (Å²) in [7, 11) is 0. The Labute approximate surface area is 130 Å². The molecular weight excluding hydrogens is 291 g/mol. The number of rotatable bonds is 4. The molecule has 4 heteroatoms. The Morgan fingerprint density at radius 3 is 2.30 bits per heavy atom. The Morgan fingerprint density at radius 1 is 1.10 bits per heavy atom. The number of nitrogens with two attached hydrogens (primary N) is 1. The predicted molar refractivity (Wildman–Crippen MR) is 88.8 cm³/mol. The molecule has 0 atom stereocenters. The first-order chi connectivity index (χ1) is 9.51. The smallest absolute Gasteiger partial charge is 0.0693 e. The molecule has 0 fully saturated rings. The number of hydrogen-bond acceptors (Lipinski definition) is 2. The lowest BCUT2D eigenvalue weighted by atomic mass is 10.1. The summed E-state index contributed by atoms with van der Waals surface area (Å²) in [4.78, 5) is 2.27. The first kappa shape index (κ1) is 15.0. The van der Waals surface area contributed by atoms with Crippen LogP contribution in [0, 0.1) is 6.92 Å². The number of benzene rings is 2. The molecule has 0 unspecified atom stereocenters. The fourth-order valence-electron chi connectivity index (χ4n) is 2.16. The maximum Gasteiger partial charge on any atom is 0.0693 e. The number of anilines is 2. The van der Waals surface area contributed by atoms with Crippen molar-refractivity contribution in [3.8, 4) is 0 Å². The fourth-order valence-corrected chi connectivity index (χ4v) is 2.69. The van der Waals surface area contributed by atoms with Gasteiger partial charge in [0.15, 0.2) is 0 Å². The average molecular weight is 309 g/mol. The molecule has 2 aromatic rings. The molecule has 0 saturated carbocycles. The van der Waals surface area contributed by atoms with Crippen molar-refractivity contribution in [2.24, 2.45) is 0 Å². The van der Waals surface area contributed by atoms with Crippen LogP contribution < -0.4 is 10.6 Å². The van der Waals surface area contributed by atoms with Crippen molar-refractivity contribution in [1.29, 1.82) is 0 Å². The zero-order valence-electron chi connectivity index (χ0n) is 11.7. The molecule has 0 amide bonds. The van der Waals surface area contributed by atoms with Gasteiger partial charge in [0.25, 0.3) is 0 Å². The lowest BCUT2D eigenvalue weighted by Gasteiger charge is -2.24. The van der Waals surface area contributed by atoms with E-state index >= 15 is 0 Å². The summed E-state index contributed by atoms with van der Waals surface area (Å²) in [6.45, 7) is 5.87. The van der Waals surface area contributed by atoms with Gasteiger partial charge in [-0.1, -0.05) is 35.3 Å². The quantitative estimate of drug-likeness (QED) is 0.813. The highest BCUT2D eigenvalue weighted by Crippen LogP contribution is 2.30. The SMILES string of the molecule is CCN(Cc1cc(Cl)c(N)c(Cl)c1)c1cccc(C)c1. The van der Waals surface area contributed by atoms with Gasteiger partial charge in [-0.15, -0.1) is 0 Å². The van der Waals surface area contributed by atoms with Crippen LogP contribution in [0.1, 0.15) is 18.1 Å². The fraction of sp³-hybridized carbons (Fsp3) is 0.250. The third-order valence-electron chi connectivity index (χ3n) is 3.26. The molecule has 0 aromatic heterocycles. The topological polar surface area (TPSA) is 29.3 Å². The van der Waals surface area contributed by atoms with E-state index in [0.717, 1.165) is 18.7 Å². The van der Waals surface area contributed by atoms with Gasteiger partial charge in [-0.2, -0.15) is 0 Å². The van der Waals surface area contributed by atoms with Gasteiger partial charge in [-0.25, -0.2) is 0 Å². The highest BCUT2D eigenvalue weighted by Gasteiger charge is 2.09. The van der Waals surface area contributed by atoms with Crippen LogP contribution in [0.5, 0.6) is 0 Å². The van der Waals surface area contributed by atoms with Crippen LogP contribution in [0.15, 0.2) is 36.4 Å². The number of nitrogen functional groups attached to an aromatic ring is 1. The van der Waals surface area contributed by atoms with Crippen LogP contribution in [0.4, 0.5) is 11.4 Å². The van der Waals surface area contributed by atoms with Crippen LogP contribution in [-0.2, 0) is 6.54 Å². The molecule has 0 aliphatic heterocycles.